The predicted octanol–water partition coefficient (Wildman–Crippen LogP) is 6.30. The van der Waals surface area contributed by atoms with Gasteiger partial charge in [0.25, 0.3) is 0 Å². The van der Waals surface area contributed by atoms with Gasteiger partial charge in [0.1, 0.15) is 6.71 Å². The largest absolute Gasteiger partial charge is 0.149 e. The normalized spacial score (nSPS) is 48.1. The van der Waals surface area contributed by atoms with Gasteiger partial charge in [0.05, 0.1) is 0 Å². The topological polar surface area (TPSA) is 0 Å². The van der Waals surface area contributed by atoms with Crippen LogP contribution in [0.2, 0.25) is 17.5 Å². The summed E-state index contributed by atoms with van der Waals surface area (Å²) in [4.78, 5) is 0. The quantitative estimate of drug-likeness (QED) is 0.523. The van der Waals surface area contributed by atoms with Gasteiger partial charge < -0.3 is 0 Å². The lowest BCUT2D eigenvalue weighted by atomic mass is 9.17. The zero-order chi connectivity index (χ0) is 14.8. The molecule has 118 valence electrons. The van der Waals surface area contributed by atoms with Crippen molar-refractivity contribution < 1.29 is 0 Å². The molecule has 0 N–H and O–H groups in total. The third kappa shape index (κ3) is 2.08. The van der Waals surface area contributed by atoms with E-state index >= 15 is 0 Å². The van der Waals surface area contributed by atoms with E-state index in [0.29, 0.717) is 5.41 Å². The summed E-state index contributed by atoms with van der Waals surface area (Å²) >= 11 is 0. The molecule has 0 aromatic carbocycles. The molecule has 2 aliphatic heterocycles. The molecule has 4 bridgehead atoms. The Balaban J connectivity index is 1.62. The molecule has 21 heavy (non-hydrogen) atoms. The molecule has 4 atom stereocenters. The van der Waals surface area contributed by atoms with Crippen molar-refractivity contribution >= 4 is 6.71 Å². The highest BCUT2D eigenvalue weighted by molar-refractivity contribution is 6.64. The van der Waals surface area contributed by atoms with Crippen molar-refractivity contribution in [1.82, 2.24) is 0 Å². The Morgan fingerprint density at radius 2 is 1.48 bits per heavy atom. The van der Waals surface area contributed by atoms with Gasteiger partial charge in [-0.15, -0.1) is 0 Å². The first kappa shape index (κ1) is 14.6. The molecule has 3 aliphatic carbocycles. The zero-order valence-electron chi connectivity index (χ0n) is 14.8. The fourth-order valence-electron chi connectivity index (χ4n) is 7.69. The van der Waals surface area contributed by atoms with Gasteiger partial charge in [0, 0.05) is 0 Å². The molecule has 2 heterocycles. The first-order valence-corrected chi connectivity index (χ1v) is 10.00. The molecule has 5 rings (SSSR count). The van der Waals surface area contributed by atoms with Crippen LogP contribution in [0, 0.1) is 29.1 Å². The maximum Gasteiger partial charge on any atom is 0.149 e. The number of fused-ring (bicyclic) bond motifs is 5. The van der Waals surface area contributed by atoms with Crippen LogP contribution in [-0.4, -0.2) is 6.71 Å². The van der Waals surface area contributed by atoms with Crippen LogP contribution in [-0.2, 0) is 0 Å². The van der Waals surface area contributed by atoms with Crippen molar-refractivity contribution in [3.8, 4) is 0 Å². The van der Waals surface area contributed by atoms with Crippen molar-refractivity contribution in [2.45, 2.75) is 96.5 Å². The minimum absolute atomic E-state index is 0.662. The van der Waals surface area contributed by atoms with Gasteiger partial charge >= 0.3 is 0 Å². The highest BCUT2D eigenvalue weighted by atomic mass is 14.6. The Hall–Kier alpha value is 0.0649. The smallest absolute Gasteiger partial charge is 0.0625 e. The fraction of sp³-hybridized carbons (Fsp3) is 1.00. The molecule has 2 saturated heterocycles. The SMILES string of the molecule is CC(C)C1[C@H]2C[C@@H](C[C@H]1B1C3CCCC1CCC3)C2(C)C. The van der Waals surface area contributed by atoms with Gasteiger partial charge in [-0.05, 0) is 35.5 Å². The van der Waals surface area contributed by atoms with E-state index in [0.717, 1.165) is 47.8 Å². The van der Waals surface area contributed by atoms with E-state index in [1.54, 1.807) is 51.4 Å². The lowest BCUT2D eigenvalue weighted by Gasteiger charge is -2.66. The van der Waals surface area contributed by atoms with Crippen molar-refractivity contribution in [2.24, 2.45) is 29.1 Å². The summed E-state index contributed by atoms with van der Waals surface area (Å²) in [7, 11) is 0. The fourth-order valence-corrected chi connectivity index (χ4v) is 7.69. The van der Waals surface area contributed by atoms with Crippen LogP contribution in [0.15, 0.2) is 0 Å². The average Bonchev–Trinajstić information content (AvgIpc) is 2.45. The monoisotopic (exact) mass is 286 g/mol. The molecule has 0 nitrogen and oxygen atoms in total. The van der Waals surface area contributed by atoms with Gasteiger partial charge in [0.15, 0.2) is 0 Å². The van der Waals surface area contributed by atoms with Gasteiger partial charge in [-0.25, -0.2) is 0 Å². The molecule has 0 aromatic heterocycles. The Morgan fingerprint density at radius 1 is 0.905 bits per heavy atom. The van der Waals surface area contributed by atoms with Gasteiger partial charge in [-0.3, -0.25) is 0 Å². The minimum atomic E-state index is 0.662. The Labute approximate surface area is 132 Å². The van der Waals surface area contributed by atoms with E-state index in [9.17, 15) is 0 Å². The first-order chi connectivity index (χ1) is 10.00. The molecular weight excluding hydrogens is 251 g/mol. The summed E-state index contributed by atoms with van der Waals surface area (Å²) < 4.78 is 0. The van der Waals surface area contributed by atoms with E-state index in [-0.39, 0.29) is 0 Å². The summed E-state index contributed by atoms with van der Waals surface area (Å²) in [5.74, 6) is 7.37. The summed E-state index contributed by atoms with van der Waals surface area (Å²) in [6.07, 6.45) is 12.5. The third-order valence-corrected chi connectivity index (χ3v) is 8.71. The summed E-state index contributed by atoms with van der Waals surface area (Å²) in [6.45, 7) is 11.4. The summed E-state index contributed by atoms with van der Waals surface area (Å²) in [6, 6.07) is 0. The van der Waals surface area contributed by atoms with Crippen LogP contribution >= 0.6 is 0 Å². The molecule has 1 unspecified atom stereocenters. The van der Waals surface area contributed by atoms with Gasteiger partial charge in [0.2, 0.25) is 0 Å². The maximum absolute atomic E-state index is 2.58. The minimum Gasteiger partial charge on any atom is -0.0625 e. The lowest BCUT2D eigenvalue weighted by molar-refractivity contribution is -0.118. The molecule has 0 aromatic rings. The lowest BCUT2D eigenvalue weighted by Crippen LogP contribution is -2.59. The molecular formula is C20H35B. The second-order valence-corrected chi connectivity index (χ2v) is 10.0. The van der Waals surface area contributed by atoms with Crippen LogP contribution in [0.25, 0.3) is 0 Å². The summed E-state index contributed by atoms with van der Waals surface area (Å²) in [5.41, 5.74) is 0.662. The number of rotatable bonds is 2. The molecule has 5 aliphatic rings. The van der Waals surface area contributed by atoms with Crippen LogP contribution in [0.1, 0.15) is 79.1 Å². The van der Waals surface area contributed by atoms with Gasteiger partial charge in [-0.1, -0.05) is 90.1 Å². The molecule has 0 radical (unpaired) electrons. The average molecular weight is 286 g/mol. The Morgan fingerprint density at radius 3 is 1.95 bits per heavy atom. The maximum atomic E-state index is 2.58. The number of hydrogen-bond donors (Lipinski definition) is 0. The highest BCUT2D eigenvalue weighted by Gasteiger charge is 2.61. The summed E-state index contributed by atoms with van der Waals surface area (Å²) in [5, 5.41) is 0. The predicted molar refractivity (Wildman–Crippen MR) is 93.0 cm³/mol. The van der Waals surface area contributed by atoms with E-state index in [1.807, 2.05) is 0 Å². The van der Waals surface area contributed by atoms with Crippen LogP contribution in [0.5, 0.6) is 0 Å². The molecule has 1 heteroatoms. The second kappa shape index (κ2) is 5.03. The van der Waals surface area contributed by atoms with Crippen LogP contribution < -0.4 is 0 Å². The Bertz CT molecular complexity index is 375. The van der Waals surface area contributed by atoms with Crippen LogP contribution in [0.3, 0.4) is 0 Å². The van der Waals surface area contributed by atoms with Crippen molar-refractivity contribution in [2.75, 3.05) is 0 Å². The zero-order valence-corrected chi connectivity index (χ0v) is 14.8. The highest BCUT2D eigenvalue weighted by Crippen LogP contribution is 2.69. The van der Waals surface area contributed by atoms with Crippen LogP contribution in [0.4, 0.5) is 0 Å². The van der Waals surface area contributed by atoms with E-state index in [4.69, 9.17) is 0 Å². The molecule has 5 fully saturated rings. The first-order valence-electron chi connectivity index (χ1n) is 10.00. The third-order valence-electron chi connectivity index (χ3n) is 8.71. The second-order valence-electron chi connectivity index (χ2n) is 10.0. The van der Waals surface area contributed by atoms with Crippen molar-refractivity contribution in [3.05, 3.63) is 0 Å². The van der Waals surface area contributed by atoms with Crippen molar-refractivity contribution in [3.63, 3.8) is 0 Å². The van der Waals surface area contributed by atoms with E-state index in [2.05, 4.69) is 27.7 Å². The van der Waals surface area contributed by atoms with E-state index < -0.39 is 0 Å². The van der Waals surface area contributed by atoms with Crippen molar-refractivity contribution in [1.29, 1.82) is 0 Å². The standard InChI is InChI=1S/C20H35B/c1-13(2)19-17-11-14(20(17,3)4)12-18(19)21-15-7-5-8-16(21)10-6-9-15/h13-19H,5-12H2,1-4H3/t14-,15?,16?,17+,18+,19?/m0/s1. The Kier molecular flexibility index (Phi) is 3.51. The van der Waals surface area contributed by atoms with Gasteiger partial charge in [-0.2, -0.15) is 0 Å². The van der Waals surface area contributed by atoms with E-state index in [1.165, 1.54) is 0 Å². The molecule has 0 spiro atoms. The molecule has 3 saturated carbocycles. The molecule has 0 amide bonds. The number of hydrogen-bond acceptors (Lipinski definition) is 0.